The lowest BCUT2D eigenvalue weighted by atomic mass is 9.76. The summed E-state index contributed by atoms with van der Waals surface area (Å²) in [6.07, 6.45) is 4.77. The van der Waals surface area contributed by atoms with Crippen molar-refractivity contribution in [3.8, 4) is 5.75 Å². The Morgan fingerprint density at radius 3 is 2.65 bits per heavy atom. The van der Waals surface area contributed by atoms with Crippen molar-refractivity contribution in [3.63, 3.8) is 0 Å². The summed E-state index contributed by atoms with van der Waals surface area (Å²) in [5.74, 6) is 1.71. The Morgan fingerprint density at radius 2 is 1.96 bits per heavy atom. The Bertz CT molecular complexity index is 542. The van der Waals surface area contributed by atoms with E-state index in [9.17, 15) is 9.90 Å². The number of nitrogens with zero attached hydrogens (tertiary/aromatic N) is 1. The number of aliphatic hydroxyl groups is 1. The zero-order valence-electron chi connectivity index (χ0n) is 14.1. The van der Waals surface area contributed by atoms with Crippen LogP contribution < -0.4 is 4.74 Å². The van der Waals surface area contributed by atoms with Gasteiger partial charge in [0.2, 0.25) is 0 Å². The molecule has 0 radical (unpaired) electrons. The monoisotopic (exact) mass is 317 g/mol. The summed E-state index contributed by atoms with van der Waals surface area (Å²) < 4.78 is 5.16. The SMILES string of the molecule is COc1ccc(C(=O)N2CCCC2C2CC(C)CCC2O)cc1. The van der Waals surface area contributed by atoms with Crippen LogP contribution in [0.1, 0.15) is 49.4 Å². The van der Waals surface area contributed by atoms with Crippen LogP contribution in [0.4, 0.5) is 0 Å². The largest absolute Gasteiger partial charge is 0.497 e. The summed E-state index contributed by atoms with van der Waals surface area (Å²) >= 11 is 0. The lowest BCUT2D eigenvalue weighted by Crippen LogP contribution is -2.46. The number of aliphatic hydroxyl groups excluding tert-OH is 1. The van der Waals surface area contributed by atoms with Crippen molar-refractivity contribution in [2.75, 3.05) is 13.7 Å². The molecule has 2 aliphatic rings. The van der Waals surface area contributed by atoms with Gasteiger partial charge in [0, 0.05) is 24.1 Å². The third-order valence-corrected chi connectivity index (χ3v) is 5.52. The van der Waals surface area contributed by atoms with Crippen LogP contribution in [0.5, 0.6) is 5.75 Å². The fourth-order valence-corrected chi connectivity index (χ4v) is 4.21. The van der Waals surface area contributed by atoms with Gasteiger partial charge in [-0.15, -0.1) is 0 Å². The molecule has 4 heteroatoms. The van der Waals surface area contributed by atoms with Crippen molar-refractivity contribution >= 4 is 5.91 Å². The maximum atomic E-state index is 12.9. The number of benzene rings is 1. The highest BCUT2D eigenvalue weighted by molar-refractivity contribution is 5.94. The van der Waals surface area contributed by atoms with E-state index in [1.165, 1.54) is 0 Å². The van der Waals surface area contributed by atoms with Gasteiger partial charge >= 0.3 is 0 Å². The molecule has 1 saturated carbocycles. The van der Waals surface area contributed by atoms with E-state index in [0.29, 0.717) is 11.5 Å². The van der Waals surface area contributed by atoms with Gasteiger partial charge in [-0.25, -0.2) is 0 Å². The predicted molar refractivity (Wildman–Crippen MR) is 89.6 cm³/mol. The number of rotatable bonds is 3. The zero-order chi connectivity index (χ0) is 16.4. The van der Waals surface area contributed by atoms with Gasteiger partial charge in [-0.2, -0.15) is 0 Å². The zero-order valence-corrected chi connectivity index (χ0v) is 14.1. The number of ether oxygens (including phenoxy) is 1. The molecule has 4 unspecified atom stereocenters. The molecule has 1 aromatic rings. The van der Waals surface area contributed by atoms with Gasteiger partial charge in [-0.05, 0) is 62.3 Å². The minimum Gasteiger partial charge on any atom is -0.497 e. The second kappa shape index (κ2) is 6.91. The van der Waals surface area contributed by atoms with Gasteiger partial charge in [-0.3, -0.25) is 4.79 Å². The van der Waals surface area contributed by atoms with Crippen LogP contribution in [0.15, 0.2) is 24.3 Å². The highest BCUT2D eigenvalue weighted by Gasteiger charge is 2.40. The molecule has 1 heterocycles. The van der Waals surface area contributed by atoms with E-state index in [-0.39, 0.29) is 24.0 Å². The molecule has 4 nitrogen and oxygen atoms in total. The van der Waals surface area contributed by atoms with Crippen LogP contribution in [-0.2, 0) is 0 Å². The molecular formula is C19H27NO3. The van der Waals surface area contributed by atoms with E-state index >= 15 is 0 Å². The summed E-state index contributed by atoms with van der Waals surface area (Å²) in [7, 11) is 1.62. The minimum atomic E-state index is -0.263. The molecule has 2 fully saturated rings. The normalized spacial score (nSPS) is 31.2. The number of hydrogen-bond acceptors (Lipinski definition) is 3. The molecule has 3 rings (SSSR count). The first-order chi connectivity index (χ1) is 11.1. The van der Waals surface area contributed by atoms with Crippen LogP contribution in [0, 0.1) is 11.8 Å². The molecule has 23 heavy (non-hydrogen) atoms. The highest BCUT2D eigenvalue weighted by Crippen LogP contribution is 2.37. The lowest BCUT2D eigenvalue weighted by molar-refractivity contribution is 0.00860. The number of methoxy groups -OCH3 is 1. The van der Waals surface area contributed by atoms with Gasteiger partial charge in [0.15, 0.2) is 0 Å². The average Bonchev–Trinajstić information content (AvgIpc) is 3.06. The second-order valence-corrected chi connectivity index (χ2v) is 7.09. The molecule has 1 saturated heterocycles. The van der Waals surface area contributed by atoms with Crippen LogP contribution in [0.3, 0.4) is 0 Å². The minimum absolute atomic E-state index is 0.0839. The summed E-state index contributed by atoms with van der Waals surface area (Å²) in [4.78, 5) is 14.9. The third-order valence-electron chi connectivity index (χ3n) is 5.52. The van der Waals surface area contributed by atoms with E-state index in [2.05, 4.69) is 6.92 Å². The molecule has 0 aromatic heterocycles. The summed E-state index contributed by atoms with van der Waals surface area (Å²) in [5, 5.41) is 10.4. The molecule has 1 aromatic carbocycles. The Balaban J connectivity index is 1.76. The molecule has 0 spiro atoms. The fourth-order valence-electron chi connectivity index (χ4n) is 4.21. The van der Waals surface area contributed by atoms with E-state index in [0.717, 1.165) is 44.4 Å². The number of likely N-dealkylation sites (tertiary alicyclic amines) is 1. The number of amides is 1. The predicted octanol–water partition coefficient (Wildman–Crippen LogP) is 3.10. The molecule has 1 aliphatic heterocycles. The van der Waals surface area contributed by atoms with E-state index in [1.807, 2.05) is 29.2 Å². The Labute approximate surface area is 138 Å². The maximum Gasteiger partial charge on any atom is 0.254 e. The van der Waals surface area contributed by atoms with Crippen molar-refractivity contribution in [2.45, 2.75) is 51.2 Å². The molecule has 1 aliphatic carbocycles. The summed E-state index contributed by atoms with van der Waals surface area (Å²) in [6.45, 7) is 3.05. The standard InChI is InChI=1S/C19H27NO3/c1-13-5-10-18(21)16(12-13)17-4-3-11-20(17)19(22)14-6-8-15(23-2)9-7-14/h6-9,13,16-18,21H,3-5,10-12H2,1-2H3. The van der Waals surface area contributed by atoms with Crippen molar-refractivity contribution in [3.05, 3.63) is 29.8 Å². The first-order valence-corrected chi connectivity index (χ1v) is 8.73. The van der Waals surface area contributed by atoms with Gasteiger partial charge in [0.05, 0.1) is 13.2 Å². The second-order valence-electron chi connectivity index (χ2n) is 7.09. The molecule has 1 amide bonds. The molecule has 4 atom stereocenters. The van der Waals surface area contributed by atoms with Gasteiger partial charge in [-0.1, -0.05) is 6.92 Å². The van der Waals surface area contributed by atoms with Crippen molar-refractivity contribution < 1.29 is 14.6 Å². The molecule has 126 valence electrons. The Hall–Kier alpha value is -1.55. The first kappa shape index (κ1) is 16.3. The van der Waals surface area contributed by atoms with E-state index < -0.39 is 0 Å². The topological polar surface area (TPSA) is 49.8 Å². The average molecular weight is 317 g/mol. The fraction of sp³-hybridized carbons (Fsp3) is 0.632. The third kappa shape index (κ3) is 3.37. The number of carbonyl (C=O) groups is 1. The Morgan fingerprint density at radius 1 is 1.22 bits per heavy atom. The number of carbonyl (C=O) groups excluding carboxylic acids is 1. The van der Waals surface area contributed by atoms with Crippen molar-refractivity contribution in [2.24, 2.45) is 11.8 Å². The van der Waals surface area contributed by atoms with Crippen molar-refractivity contribution in [1.29, 1.82) is 0 Å². The molecule has 0 bridgehead atoms. The molecule has 1 N–H and O–H groups in total. The van der Waals surface area contributed by atoms with E-state index in [1.54, 1.807) is 7.11 Å². The van der Waals surface area contributed by atoms with Gasteiger partial charge < -0.3 is 14.7 Å². The smallest absolute Gasteiger partial charge is 0.254 e. The Kier molecular flexibility index (Phi) is 4.90. The van der Waals surface area contributed by atoms with Crippen LogP contribution in [0.25, 0.3) is 0 Å². The van der Waals surface area contributed by atoms with Crippen molar-refractivity contribution in [1.82, 2.24) is 4.90 Å². The summed E-state index contributed by atoms with van der Waals surface area (Å²) in [6, 6.07) is 7.50. The highest BCUT2D eigenvalue weighted by atomic mass is 16.5. The van der Waals surface area contributed by atoms with Crippen LogP contribution in [0.2, 0.25) is 0 Å². The lowest BCUT2D eigenvalue weighted by Gasteiger charge is -2.39. The maximum absolute atomic E-state index is 12.9. The van der Waals surface area contributed by atoms with E-state index in [4.69, 9.17) is 4.74 Å². The van der Waals surface area contributed by atoms with Crippen LogP contribution in [-0.4, -0.2) is 41.7 Å². The first-order valence-electron chi connectivity index (χ1n) is 8.73. The summed E-state index contributed by atoms with van der Waals surface area (Å²) in [5.41, 5.74) is 0.705. The molecular weight excluding hydrogens is 290 g/mol. The van der Waals surface area contributed by atoms with Crippen LogP contribution >= 0.6 is 0 Å². The number of hydrogen-bond donors (Lipinski definition) is 1. The van der Waals surface area contributed by atoms with Gasteiger partial charge in [0.25, 0.3) is 5.91 Å². The quantitative estimate of drug-likeness (QED) is 0.932. The van der Waals surface area contributed by atoms with Gasteiger partial charge in [0.1, 0.15) is 5.75 Å².